The van der Waals surface area contributed by atoms with E-state index in [-0.39, 0.29) is 32.0 Å². The lowest BCUT2D eigenvalue weighted by Crippen LogP contribution is -2.37. The van der Waals surface area contributed by atoms with Crippen molar-refractivity contribution in [3.8, 4) is 0 Å². The van der Waals surface area contributed by atoms with E-state index in [0.717, 1.165) is 109 Å². The van der Waals surface area contributed by atoms with Crippen LogP contribution in [0, 0.1) is 0 Å². The predicted molar refractivity (Wildman–Crippen MR) is 261 cm³/mol. The van der Waals surface area contributed by atoms with Crippen molar-refractivity contribution in [1.29, 1.82) is 0 Å². The van der Waals surface area contributed by atoms with Crippen molar-refractivity contribution in [3.63, 3.8) is 0 Å². The number of phosphoric acid groups is 1. The summed E-state index contributed by atoms with van der Waals surface area (Å²) < 4.78 is 34.1. The lowest BCUT2D eigenvalue weighted by molar-refractivity contribution is -0.870. The number of allylic oxidation sites excluding steroid dienone is 16. The van der Waals surface area contributed by atoms with Crippen molar-refractivity contribution in [1.82, 2.24) is 0 Å². The summed E-state index contributed by atoms with van der Waals surface area (Å²) in [6, 6.07) is 0. The number of quaternary nitrogens is 1. The number of nitrogens with zero attached hydrogens (tertiary/aromatic N) is 1. The molecule has 0 aromatic rings. The smallest absolute Gasteiger partial charge is 0.462 e. The zero-order valence-electron chi connectivity index (χ0n) is 39.8. The lowest BCUT2D eigenvalue weighted by Gasteiger charge is -2.24. The minimum Gasteiger partial charge on any atom is -0.462 e. The number of esters is 2. The van der Waals surface area contributed by atoms with Crippen LogP contribution in [0.15, 0.2) is 97.2 Å². The van der Waals surface area contributed by atoms with E-state index < -0.39 is 26.5 Å². The Labute approximate surface area is 379 Å². The minimum absolute atomic E-state index is 0.0256. The summed E-state index contributed by atoms with van der Waals surface area (Å²) in [5.74, 6) is -0.830. The molecule has 2 atom stereocenters. The molecule has 0 aliphatic heterocycles. The maximum Gasteiger partial charge on any atom is 0.472 e. The van der Waals surface area contributed by atoms with Gasteiger partial charge in [0.25, 0.3) is 0 Å². The highest BCUT2D eigenvalue weighted by molar-refractivity contribution is 7.47. The summed E-state index contributed by atoms with van der Waals surface area (Å²) in [6.45, 7) is 4.18. The average Bonchev–Trinajstić information content (AvgIpc) is 3.22. The number of hydrogen-bond acceptors (Lipinski definition) is 7. The van der Waals surface area contributed by atoms with E-state index in [4.69, 9.17) is 18.5 Å². The van der Waals surface area contributed by atoms with Gasteiger partial charge in [0, 0.05) is 12.8 Å². The molecule has 1 N–H and O–H groups in total. The van der Waals surface area contributed by atoms with E-state index in [1.165, 1.54) is 25.7 Å². The first-order chi connectivity index (χ1) is 30.0. The third-order valence-electron chi connectivity index (χ3n) is 9.63. The van der Waals surface area contributed by atoms with Crippen LogP contribution in [-0.2, 0) is 32.7 Å². The quantitative estimate of drug-likeness (QED) is 0.0212. The highest BCUT2D eigenvalue weighted by Crippen LogP contribution is 2.43. The Balaban J connectivity index is 4.06. The molecule has 0 saturated carbocycles. The molecule has 0 bridgehead atoms. The monoisotopic (exact) mass is 887 g/mol. The van der Waals surface area contributed by atoms with E-state index in [9.17, 15) is 19.0 Å². The fraction of sp³-hybridized carbons (Fsp3) is 0.654. The van der Waals surface area contributed by atoms with Crippen molar-refractivity contribution >= 4 is 19.8 Å². The Morgan fingerprint density at radius 2 is 0.919 bits per heavy atom. The van der Waals surface area contributed by atoms with Crippen LogP contribution in [0.25, 0.3) is 0 Å². The molecule has 0 aliphatic carbocycles. The van der Waals surface area contributed by atoms with Gasteiger partial charge in [-0.1, -0.05) is 175 Å². The molecule has 0 aliphatic rings. The summed E-state index contributed by atoms with van der Waals surface area (Å²) in [5, 5.41) is 0. The first kappa shape index (κ1) is 58.9. The molecule has 62 heavy (non-hydrogen) atoms. The van der Waals surface area contributed by atoms with Gasteiger partial charge in [0.2, 0.25) is 0 Å². The van der Waals surface area contributed by atoms with Gasteiger partial charge in [-0.3, -0.25) is 18.6 Å². The van der Waals surface area contributed by atoms with Gasteiger partial charge in [0.15, 0.2) is 6.10 Å². The van der Waals surface area contributed by atoms with Gasteiger partial charge in [-0.15, -0.1) is 0 Å². The second-order valence-corrected chi connectivity index (χ2v) is 18.2. The van der Waals surface area contributed by atoms with Gasteiger partial charge in [-0.2, -0.15) is 0 Å². The Bertz CT molecular complexity index is 1370. The van der Waals surface area contributed by atoms with Crippen molar-refractivity contribution in [2.45, 2.75) is 174 Å². The number of rotatable bonds is 42. The molecule has 9 nitrogen and oxygen atoms in total. The SMILES string of the molecule is CC/C=C\C/C=C\C/C=C\C/C=C\C/C=C\C/C=C\C/C=C\C/C=C\CCCCCCCCCCC(=O)OC(COC(=O)CCCCCCC)COP(=O)(O)OCC[N+](C)(C)C. The highest BCUT2D eigenvalue weighted by atomic mass is 31.2. The number of hydrogen-bond donors (Lipinski definition) is 1. The molecule has 0 aromatic carbocycles. The largest absolute Gasteiger partial charge is 0.472 e. The van der Waals surface area contributed by atoms with E-state index in [0.29, 0.717) is 17.4 Å². The van der Waals surface area contributed by atoms with E-state index >= 15 is 0 Å². The van der Waals surface area contributed by atoms with Crippen LogP contribution in [0.2, 0.25) is 0 Å². The number of likely N-dealkylation sites (N-methyl/N-ethyl adjacent to an activating group) is 1. The van der Waals surface area contributed by atoms with Crippen LogP contribution in [0.3, 0.4) is 0 Å². The van der Waals surface area contributed by atoms with Crippen LogP contribution < -0.4 is 0 Å². The topological polar surface area (TPSA) is 108 Å². The van der Waals surface area contributed by atoms with Crippen molar-refractivity contribution in [3.05, 3.63) is 97.2 Å². The zero-order valence-corrected chi connectivity index (χ0v) is 40.7. The maximum absolute atomic E-state index is 12.6. The second kappa shape index (κ2) is 43.2. The minimum atomic E-state index is -4.37. The zero-order chi connectivity index (χ0) is 45.7. The molecule has 0 fully saturated rings. The summed E-state index contributed by atoms with van der Waals surface area (Å²) >= 11 is 0. The summed E-state index contributed by atoms with van der Waals surface area (Å²) in [5.41, 5.74) is 0. The second-order valence-electron chi connectivity index (χ2n) is 16.8. The molecule has 0 radical (unpaired) electrons. The summed E-state index contributed by atoms with van der Waals surface area (Å²) in [4.78, 5) is 35.1. The van der Waals surface area contributed by atoms with Crippen LogP contribution in [-0.4, -0.2) is 74.9 Å². The molecule has 2 unspecified atom stereocenters. The lowest BCUT2D eigenvalue weighted by atomic mass is 10.1. The molecule has 10 heteroatoms. The number of phosphoric ester groups is 1. The maximum atomic E-state index is 12.6. The molecule has 0 heterocycles. The normalized spacial score (nSPS) is 14.4. The number of unbranched alkanes of at least 4 members (excludes halogenated alkanes) is 12. The van der Waals surface area contributed by atoms with E-state index in [1.807, 2.05) is 21.1 Å². The van der Waals surface area contributed by atoms with Crippen molar-refractivity contribution < 1.29 is 42.1 Å². The average molecular weight is 887 g/mol. The fourth-order valence-corrected chi connectivity index (χ4v) is 6.65. The van der Waals surface area contributed by atoms with E-state index in [1.54, 1.807) is 0 Å². The van der Waals surface area contributed by atoms with Crippen LogP contribution in [0.5, 0.6) is 0 Å². The van der Waals surface area contributed by atoms with Crippen molar-refractivity contribution in [2.24, 2.45) is 0 Å². The Morgan fingerprint density at radius 1 is 0.516 bits per heavy atom. The predicted octanol–water partition coefficient (Wildman–Crippen LogP) is 14.1. The van der Waals surface area contributed by atoms with Gasteiger partial charge >= 0.3 is 19.8 Å². The Hall–Kier alpha value is -3.07. The van der Waals surface area contributed by atoms with Gasteiger partial charge < -0.3 is 18.9 Å². The summed E-state index contributed by atoms with van der Waals surface area (Å²) in [6.07, 6.45) is 58.0. The van der Waals surface area contributed by atoms with Gasteiger partial charge in [0.05, 0.1) is 27.7 Å². The Morgan fingerprint density at radius 3 is 1.37 bits per heavy atom. The van der Waals surface area contributed by atoms with Gasteiger partial charge in [-0.25, -0.2) is 4.57 Å². The van der Waals surface area contributed by atoms with Crippen molar-refractivity contribution in [2.75, 3.05) is 47.5 Å². The van der Waals surface area contributed by atoms with E-state index in [2.05, 4.69) is 111 Å². The molecule has 0 saturated heterocycles. The Kier molecular flexibility index (Phi) is 41.1. The standard InChI is InChI=1S/C52H88NO8P/c1-6-8-10-12-13-14-15-16-17-18-19-20-21-22-23-24-25-26-27-28-29-30-31-32-33-34-35-36-37-38-39-41-43-45-52(55)61-50(48-58-51(54)44-42-40-11-9-7-2)49-60-62(56,57)59-47-46-53(3,4)5/h8,10,13-14,16-17,19-20,22-23,25-26,28-29,31-32,50H,6-7,9,11-12,15,18,21,24,27,30,33-49H2,1-5H3/p+1/b10-8-,14-13-,17-16-,20-19-,23-22-,26-25-,29-28-,32-31-. The fourth-order valence-electron chi connectivity index (χ4n) is 5.91. The number of carbonyl (C=O) groups is 2. The molecule has 0 spiro atoms. The highest BCUT2D eigenvalue weighted by Gasteiger charge is 2.27. The molecule has 0 rings (SSSR count). The van der Waals surface area contributed by atoms with Gasteiger partial charge in [0.1, 0.15) is 19.8 Å². The molecular formula is C52H89NO8P+. The van der Waals surface area contributed by atoms with Gasteiger partial charge in [-0.05, 0) is 77.0 Å². The first-order valence-electron chi connectivity index (χ1n) is 24.0. The molecule has 0 aromatic heterocycles. The third-order valence-corrected chi connectivity index (χ3v) is 10.6. The summed E-state index contributed by atoms with van der Waals surface area (Å²) in [7, 11) is 1.45. The van der Waals surface area contributed by atoms with Crippen LogP contribution in [0.1, 0.15) is 168 Å². The molecule has 354 valence electrons. The number of ether oxygens (including phenoxy) is 2. The number of carbonyl (C=O) groups excluding carboxylic acids is 2. The molecule has 0 amide bonds. The van der Waals surface area contributed by atoms with Crippen LogP contribution >= 0.6 is 7.82 Å². The first-order valence-corrected chi connectivity index (χ1v) is 25.5. The molecular weight excluding hydrogens is 798 g/mol. The van der Waals surface area contributed by atoms with Crippen LogP contribution in [0.4, 0.5) is 0 Å². The third kappa shape index (κ3) is 46.4.